The lowest BCUT2D eigenvalue weighted by molar-refractivity contribution is 0.123. The van der Waals surface area contributed by atoms with E-state index in [1.165, 1.54) is 0 Å². The molecule has 14 heavy (non-hydrogen) atoms. The molecule has 0 saturated heterocycles. The van der Waals surface area contributed by atoms with Gasteiger partial charge in [0, 0.05) is 19.6 Å². The Morgan fingerprint density at radius 1 is 1.50 bits per heavy atom. The number of hydrogen-bond donors (Lipinski definition) is 2. The first-order valence-electron chi connectivity index (χ1n) is 4.66. The monoisotopic (exact) mass is 224 g/mol. The number of rotatable bonds is 7. The van der Waals surface area contributed by atoms with E-state index in [1.807, 2.05) is 18.9 Å². The van der Waals surface area contributed by atoms with Crippen LogP contribution in [0.4, 0.5) is 0 Å². The fourth-order valence-corrected chi connectivity index (χ4v) is 1.46. The van der Waals surface area contributed by atoms with Crippen LogP contribution in [0.2, 0.25) is 0 Å². The summed E-state index contributed by atoms with van der Waals surface area (Å²) < 4.78 is 23.8. The van der Waals surface area contributed by atoms with Crippen LogP contribution in [0.5, 0.6) is 0 Å². The molecule has 0 amide bonds. The van der Waals surface area contributed by atoms with Gasteiger partial charge in [0.25, 0.3) is 0 Å². The molecule has 0 rings (SSSR count). The van der Waals surface area contributed by atoms with E-state index < -0.39 is 10.0 Å². The number of nitrogens with zero attached hydrogens (tertiary/aromatic N) is 1. The summed E-state index contributed by atoms with van der Waals surface area (Å²) in [4.78, 5) is 1.90. The van der Waals surface area contributed by atoms with Gasteiger partial charge < -0.3 is 10.0 Å². The van der Waals surface area contributed by atoms with Crippen molar-refractivity contribution < 1.29 is 13.5 Å². The summed E-state index contributed by atoms with van der Waals surface area (Å²) in [6.45, 7) is 3.46. The highest BCUT2D eigenvalue weighted by Gasteiger charge is 2.06. The molecule has 0 aromatic carbocycles. The van der Waals surface area contributed by atoms with Crippen molar-refractivity contribution in [3.05, 3.63) is 0 Å². The van der Waals surface area contributed by atoms with E-state index in [9.17, 15) is 13.5 Å². The number of sulfonamides is 1. The molecule has 0 bridgehead atoms. The van der Waals surface area contributed by atoms with Crippen LogP contribution >= 0.6 is 0 Å². The maximum Gasteiger partial charge on any atom is 0.208 e. The number of nitrogens with one attached hydrogen (secondary N) is 1. The van der Waals surface area contributed by atoms with E-state index in [0.717, 1.165) is 6.26 Å². The Labute approximate surface area is 86.2 Å². The van der Waals surface area contributed by atoms with Crippen LogP contribution < -0.4 is 4.72 Å². The Kier molecular flexibility index (Phi) is 6.26. The largest absolute Gasteiger partial charge is 0.392 e. The maximum absolute atomic E-state index is 10.7. The summed E-state index contributed by atoms with van der Waals surface area (Å²) >= 11 is 0. The highest BCUT2D eigenvalue weighted by atomic mass is 32.2. The van der Waals surface area contributed by atoms with Gasteiger partial charge >= 0.3 is 0 Å². The van der Waals surface area contributed by atoms with Gasteiger partial charge in [-0.15, -0.1) is 0 Å². The molecule has 86 valence electrons. The topological polar surface area (TPSA) is 69.6 Å². The van der Waals surface area contributed by atoms with E-state index in [0.29, 0.717) is 26.1 Å². The SMILES string of the molecule is CCC(O)CN(C)CCNS(C)(=O)=O. The van der Waals surface area contributed by atoms with Crippen molar-refractivity contribution in [3.8, 4) is 0 Å². The molecule has 1 atom stereocenters. The van der Waals surface area contributed by atoms with E-state index in [4.69, 9.17) is 0 Å². The summed E-state index contributed by atoms with van der Waals surface area (Å²) in [6, 6.07) is 0. The summed E-state index contributed by atoms with van der Waals surface area (Å²) in [5.41, 5.74) is 0. The summed E-state index contributed by atoms with van der Waals surface area (Å²) in [6.07, 6.45) is 1.51. The molecule has 2 N–H and O–H groups in total. The zero-order valence-electron chi connectivity index (χ0n) is 9.02. The maximum atomic E-state index is 10.7. The van der Waals surface area contributed by atoms with Gasteiger partial charge in [0.2, 0.25) is 10.0 Å². The van der Waals surface area contributed by atoms with E-state index in [2.05, 4.69) is 4.72 Å². The Morgan fingerprint density at radius 3 is 2.50 bits per heavy atom. The molecule has 0 fully saturated rings. The van der Waals surface area contributed by atoms with Crippen molar-refractivity contribution >= 4 is 10.0 Å². The third-order valence-corrected chi connectivity index (χ3v) is 2.58. The molecule has 0 radical (unpaired) electrons. The van der Waals surface area contributed by atoms with Crippen LogP contribution in [0.15, 0.2) is 0 Å². The smallest absolute Gasteiger partial charge is 0.208 e. The molecule has 0 saturated carbocycles. The molecule has 0 aromatic heterocycles. The van der Waals surface area contributed by atoms with Crippen LogP contribution in [-0.4, -0.2) is 57.5 Å². The predicted octanol–water partition coefficient (Wildman–Crippen LogP) is -0.762. The second kappa shape index (κ2) is 6.34. The van der Waals surface area contributed by atoms with Crippen LogP contribution in [0.3, 0.4) is 0 Å². The average molecular weight is 224 g/mol. The molecule has 0 aliphatic carbocycles. The van der Waals surface area contributed by atoms with E-state index >= 15 is 0 Å². The van der Waals surface area contributed by atoms with Gasteiger partial charge in [-0.2, -0.15) is 0 Å². The van der Waals surface area contributed by atoms with Gasteiger partial charge in [-0.05, 0) is 13.5 Å². The lowest BCUT2D eigenvalue weighted by atomic mass is 10.2. The molecule has 0 aliphatic heterocycles. The summed E-state index contributed by atoms with van der Waals surface area (Å²) in [5, 5.41) is 9.31. The van der Waals surface area contributed by atoms with Crippen molar-refractivity contribution in [1.82, 2.24) is 9.62 Å². The van der Waals surface area contributed by atoms with Crippen molar-refractivity contribution in [3.63, 3.8) is 0 Å². The highest BCUT2D eigenvalue weighted by molar-refractivity contribution is 7.88. The van der Waals surface area contributed by atoms with E-state index in [1.54, 1.807) is 0 Å². The lowest BCUT2D eigenvalue weighted by Gasteiger charge is -2.19. The lowest BCUT2D eigenvalue weighted by Crippen LogP contribution is -2.36. The second-order valence-electron chi connectivity index (χ2n) is 3.49. The average Bonchev–Trinajstić information content (AvgIpc) is 2.01. The minimum Gasteiger partial charge on any atom is -0.392 e. The normalized spacial score (nSPS) is 14.6. The third kappa shape index (κ3) is 8.43. The zero-order valence-corrected chi connectivity index (χ0v) is 9.84. The number of hydrogen-bond acceptors (Lipinski definition) is 4. The van der Waals surface area contributed by atoms with E-state index in [-0.39, 0.29) is 6.10 Å². The summed E-state index contributed by atoms with van der Waals surface area (Å²) in [5.74, 6) is 0. The molecular weight excluding hydrogens is 204 g/mol. The van der Waals surface area contributed by atoms with Gasteiger partial charge in [-0.25, -0.2) is 13.1 Å². The van der Waals surface area contributed by atoms with Crippen molar-refractivity contribution in [1.29, 1.82) is 0 Å². The quantitative estimate of drug-likeness (QED) is 0.596. The van der Waals surface area contributed by atoms with Gasteiger partial charge in [0.1, 0.15) is 0 Å². The second-order valence-corrected chi connectivity index (χ2v) is 5.32. The highest BCUT2D eigenvalue weighted by Crippen LogP contribution is 1.92. The van der Waals surface area contributed by atoms with Gasteiger partial charge in [0.15, 0.2) is 0 Å². The third-order valence-electron chi connectivity index (χ3n) is 1.85. The van der Waals surface area contributed by atoms with Gasteiger partial charge in [0.05, 0.1) is 12.4 Å². The van der Waals surface area contributed by atoms with Crippen LogP contribution in [-0.2, 0) is 10.0 Å². The minimum absolute atomic E-state index is 0.335. The fourth-order valence-electron chi connectivity index (χ4n) is 1.00. The Bertz CT molecular complexity index is 241. The molecular formula is C8H20N2O3S. The summed E-state index contributed by atoms with van der Waals surface area (Å²) in [7, 11) is -1.24. The standard InChI is InChI=1S/C8H20N2O3S/c1-4-8(11)7-10(2)6-5-9-14(3,12)13/h8-9,11H,4-7H2,1-3H3. The van der Waals surface area contributed by atoms with Gasteiger partial charge in [-0.1, -0.05) is 6.92 Å². The number of aliphatic hydroxyl groups is 1. The molecule has 0 spiro atoms. The first kappa shape index (κ1) is 13.8. The molecule has 0 aromatic rings. The van der Waals surface area contributed by atoms with Crippen molar-refractivity contribution in [2.75, 3.05) is 32.9 Å². The molecule has 0 aliphatic rings. The molecule has 0 heterocycles. The van der Waals surface area contributed by atoms with Crippen LogP contribution in [0.1, 0.15) is 13.3 Å². The van der Waals surface area contributed by atoms with Crippen molar-refractivity contribution in [2.24, 2.45) is 0 Å². The van der Waals surface area contributed by atoms with Crippen LogP contribution in [0.25, 0.3) is 0 Å². The zero-order chi connectivity index (χ0) is 11.2. The number of likely N-dealkylation sites (N-methyl/N-ethyl adjacent to an activating group) is 1. The van der Waals surface area contributed by atoms with Crippen LogP contribution in [0, 0.1) is 0 Å². The molecule has 1 unspecified atom stereocenters. The first-order valence-corrected chi connectivity index (χ1v) is 6.55. The predicted molar refractivity (Wildman–Crippen MR) is 56.6 cm³/mol. The Hall–Kier alpha value is -0.170. The first-order chi connectivity index (χ1) is 6.35. The Morgan fingerprint density at radius 2 is 2.07 bits per heavy atom. The number of aliphatic hydroxyl groups excluding tert-OH is 1. The molecule has 6 heteroatoms. The molecule has 5 nitrogen and oxygen atoms in total. The fraction of sp³-hybridized carbons (Fsp3) is 1.00. The Balaban J connectivity index is 3.59. The van der Waals surface area contributed by atoms with Gasteiger partial charge in [-0.3, -0.25) is 0 Å². The minimum atomic E-state index is -3.09. The van der Waals surface area contributed by atoms with Crippen molar-refractivity contribution in [2.45, 2.75) is 19.4 Å².